The number of aromatic nitrogens is 2. The molecule has 0 bridgehead atoms. The molecular formula is C13H22N4OS2. The van der Waals surface area contributed by atoms with Crippen LogP contribution >= 0.6 is 23.1 Å². The molecule has 1 aliphatic heterocycles. The van der Waals surface area contributed by atoms with Crippen LogP contribution in [0.1, 0.15) is 33.6 Å². The molecule has 0 spiro atoms. The second-order valence-corrected chi connectivity index (χ2v) is 7.74. The van der Waals surface area contributed by atoms with Gasteiger partial charge in [-0.05, 0) is 32.6 Å². The van der Waals surface area contributed by atoms with Crippen molar-refractivity contribution in [3.8, 4) is 0 Å². The normalized spacial score (nSPS) is 18.1. The monoisotopic (exact) mass is 314 g/mol. The zero-order chi connectivity index (χ0) is 14.5. The zero-order valence-electron chi connectivity index (χ0n) is 12.3. The highest BCUT2D eigenvalue weighted by Gasteiger charge is 2.25. The van der Waals surface area contributed by atoms with Gasteiger partial charge in [0.2, 0.25) is 11.0 Å². The average Bonchev–Trinajstić information content (AvgIpc) is 2.86. The van der Waals surface area contributed by atoms with Crippen molar-refractivity contribution in [1.29, 1.82) is 0 Å². The maximum atomic E-state index is 12.4. The van der Waals surface area contributed by atoms with Crippen LogP contribution in [-0.4, -0.2) is 45.9 Å². The van der Waals surface area contributed by atoms with E-state index in [2.05, 4.69) is 22.4 Å². The van der Waals surface area contributed by atoms with E-state index in [1.165, 1.54) is 23.1 Å². The number of carbonyl (C=O) groups is 1. The lowest BCUT2D eigenvalue weighted by atomic mass is 9.99. The Morgan fingerprint density at radius 2 is 2.20 bits per heavy atom. The van der Waals surface area contributed by atoms with E-state index in [0.29, 0.717) is 0 Å². The number of nitrogens with zero attached hydrogens (tertiary/aromatic N) is 3. The molecule has 112 valence electrons. The first-order valence-electron chi connectivity index (χ1n) is 7.13. The van der Waals surface area contributed by atoms with Gasteiger partial charge < -0.3 is 10.2 Å². The molecular weight excluding hydrogens is 292 g/mol. The number of hydrogen-bond acceptors (Lipinski definition) is 6. The van der Waals surface area contributed by atoms with Gasteiger partial charge in [0.05, 0.1) is 5.25 Å². The van der Waals surface area contributed by atoms with Crippen LogP contribution in [0.3, 0.4) is 0 Å². The Kier molecular flexibility index (Phi) is 5.65. The van der Waals surface area contributed by atoms with E-state index in [4.69, 9.17) is 0 Å². The van der Waals surface area contributed by atoms with Crippen molar-refractivity contribution < 1.29 is 4.79 Å². The Hall–Kier alpha value is -0.820. The van der Waals surface area contributed by atoms with Crippen LogP contribution in [0.25, 0.3) is 0 Å². The van der Waals surface area contributed by atoms with Crippen molar-refractivity contribution in [3.63, 3.8) is 0 Å². The first-order valence-corrected chi connectivity index (χ1v) is 8.82. The molecule has 1 atom stereocenters. The van der Waals surface area contributed by atoms with E-state index in [1.54, 1.807) is 0 Å². The van der Waals surface area contributed by atoms with Gasteiger partial charge in [0, 0.05) is 19.6 Å². The van der Waals surface area contributed by atoms with E-state index in [9.17, 15) is 4.79 Å². The van der Waals surface area contributed by atoms with Gasteiger partial charge in [-0.3, -0.25) is 4.79 Å². The first-order chi connectivity index (χ1) is 9.60. The smallest absolute Gasteiger partial charge is 0.235 e. The number of carbonyl (C=O) groups excluding carboxylic acids is 1. The lowest BCUT2D eigenvalue weighted by molar-refractivity contribution is -0.131. The fourth-order valence-electron chi connectivity index (χ4n) is 2.17. The van der Waals surface area contributed by atoms with Crippen molar-refractivity contribution in [2.45, 2.75) is 43.2 Å². The van der Waals surface area contributed by atoms with Crippen molar-refractivity contribution >= 4 is 34.1 Å². The fraction of sp³-hybridized carbons (Fsp3) is 0.769. The topological polar surface area (TPSA) is 58.1 Å². The molecule has 2 heterocycles. The molecule has 1 saturated heterocycles. The Labute approximate surface area is 128 Å². The van der Waals surface area contributed by atoms with Crippen LogP contribution in [0.5, 0.6) is 0 Å². The second kappa shape index (κ2) is 7.26. The summed E-state index contributed by atoms with van der Waals surface area (Å²) in [6, 6.07) is 0. The van der Waals surface area contributed by atoms with Gasteiger partial charge in [0.1, 0.15) is 0 Å². The lowest BCUT2D eigenvalue weighted by Crippen LogP contribution is -2.41. The zero-order valence-corrected chi connectivity index (χ0v) is 13.9. The minimum Gasteiger partial charge on any atom is -0.360 e. The number of thioether (sulfide) groups is 1. The van der Waals surface area contributed by atoms with E-state index >= 15 is 0 Å². The highest BCUT2D eigenvalue weighted by molar-refractivity contribution is 8.02. The predicted molar refractivity (Wildman–Crippen MR) is 84.4 cm³/mol. The third kappa shape index (κ3) is 4.09. The lowest BCUT2D eigenvalue weighted by Gasteiger charge is -2.31. The molecule has 0 aliphatic carbocycles. The first kappa shape index (κ1) is 15.6. The third-order valence-electron chi connectivity index (χ3n) is 3.46. The van der Waals surface area contributed by atoms with Crippen molar-refractivity contribution in [2.75, 3.05) is 25.0 Å². The summed E-state index contributed by atoms with van der Waals surface area (Å²) in [6.07, 6.45) is 2.24. The van der Waals surface area contributed by atoms with Crippen LogP contribution in [-0.2, 0) is 4.79 Å². The van der Waals surface area contributed by atoms with Crippen molar-refractivity contribution in [1.82, 2.24) is 15.1 Å². The summed E-state index contributed by atoms with van der Waals surface area (Å²) in [4.78, 5) is 14.4. The number of piperidine rings is 1. The number of hydrogen-bond donors (Lipinski definition) is 1. The summed E-state index contributed by atoms with van der Waals surface area (Å²) >= 11 is 3.02. The molecule has 7 heteroatoms. The standard InChI is InChI=1S/C13H22N4OS2/c1-4-14-12-15-16-13(20-12)19-10(3)11(18)17-7-5-9(2)6-8-17/h9-10H,4-8H2,1-3H3,(H,14,15)/t10-/m1/s1. The molecule has 1 N–H and O–H groups in total. The summed E-state index contributed by atoms with van der Waals surface area (Å²) < 4.78 is 0.854. The Morgan fingerprint density at radius 1 is 1.50 bits per heavy atom. The van der Waals surface area contributed by atoms with Crippen LogP contribution < -0.4 is 5.32 Å². The molecule has 1 amide bonds. The van der Waals surface area contributed by atoms with Gasteiger partial charge in [-0.1, -0.05) is 30.0 Å². The molecule has 0 radical (unpaired) electrons. The number of amides is 1. The van der Waals surface area contributed by atoms with Gasteiger partial charge >= 0.3 is 0 Å². The number of nitrogens with one attached hydrogen (secondary N) is 1. The molecule has 2 rings (SSSR count). The van der Waals surface area contributed by atoms with E-state index in [-0.39, 0.29) is 11.2 Å². The van der Waals surface area contributed by atoms with Crippen LogP contribution in [0.15, 0.2) is 4.34 Å². The quantitative estimate of drug-likeness (QED) is 0.847. The molecule has 1 aromatic heterocycles. The molecule has 1 aromatic rings. The summed E-state index contributed by atoms with van der Waals surface area (Å²) in [5.41, 5.74) is 0. The minimum atomic E-state index is -0.0918. The molecule has 1 fully saturated rings. The highest BCUT2D eigenvalue weighted by Crippen LogP contribution is 2.30. The summed E-state index contributed by atoms with van der Waals surface area (Å²) in [5.74, 6) is 0.968. The van der Waals surface area contributed by atoms with Gasteiger partial charge in [-0.25, -0.2) is 0 Å². The summed E-state index contributed by atoms with van der Waals surface area (Å²) in [6.45, 7) is 8.85. The van der Waals surface area contributed by atoms with Gasteiger partial charge in [-0.15, -0.1) is 10.2 Å². The van der Waals surface area contributed by atoms with Crippen LogP contribution in [0, 0.1) is 5.92 Å². The molecule has 0 unspecified atom stereocenters. The Bertz CT molecular complexity index is 443. The number of anilines is 1. The van der Waals surface area contributed by atoms with E-state index < -0.39 is 0 Å². The van der Waals surface area contributed by atoms with Crippen LogP contribution in [0.2, 0.25) is 0 Å². The highest BCUT2D eigenvalue weighted by atomic mass is 32.2. The maximum Gasteiger partial charge on any atom is 0.235 e. The summed E-state index contributed by atoms with van der Waals surface area (Å²) in [7, 11) is 0. The predicted octanol–water partition coefficient (Wildman–Crippen LogP) is 2.71. The van der Waals surface area contributed by atoms with E-state index in [1.807, 2.05) is 18.7 Å². The SMILES string of the molecule is CCNc1nnc(S[C@H](C)C(=O)N2CCC(C)CC2)s1. The maximum absolute atomic E-state index is 12.4. The molecule has 0 saturated carbocycles. The van der Waals surface area contributed by atoms with Crippen molar-refractivity contribution in [3.05, 3.63) is 0 Å². The number of rotatable bonds is 5. The fourth-order valence-corrected chi connectivity index (χ4v) is 4.22. The van der Waals surface area contributed by atoms with E-state index in [0.717, 1.165) is 47.9 Å². The van der Waals surface area contributed by atoms with Gasteiger partial charge in [0.15, 0.2) is 4.34 Å². The molecule has 0 aromatic carbocycles. The minimum absolute atomic E-state index is 0.0918. The van der Waals surface area contributed by atoms with Gasteiger partial charge in [0.25, 0.3) is 0 Å². The summed E-state index contributed by atoms with van der Waals surface area (Å²) in [5, 5.41) is 12.0. The van der Waals surface area contributed by atoms with Crippen molar-refractivity contribution in [2.24, 2.45) is 5.92 Å². The molecule has 1 aliphatic rings. The second-order valence-electron chi connectivity index (χ2n) is 5.17. The van der Waals surface area contributed by atoms with Gasteiger partial charge in [-0.2, -0.15) is 0 Å². The average molecular weight is 314 g/mol. The molecule has 20 heavy (non-hydrogen) atoms. The Morgan fingerprint density at radius 3 is 2.85 bits per heavy atom. The number of likely N-dealkylation sites (tertiary alicyclic amines) is 1. The Balaban J connectivity index is 1.86. The molecule has 5 nitrogen and oxygen atoms in total. The third-order valence-corrected chi connectivity index (χ3v) is 5.51. The largest absolute Gasteiger partial charge is 0.360 e. The van der Waals surface area contributed by atoms with Crippen LogP contribution in [0.4, 0.5) is 5.13 Å².